The zero-order valence-corrected chi connectivity index (χ0v) is 23.3. The van der Waals surface area contributed by atoms with E-state index in [1.54, 1.807) is 0 Å². The van der Waals surface area contributed by atoms with Gasteiger partial charge in [0.25, 0.3) is 5.91 Å². The summed E-state index contributed by atoms with van der Waals surface area (Å²) in [6.07, 6.45) is 1.74. The Bertz CT molecular complexity index is 1230. The number of hydrogen-bond acceptors (Lipinski definition) is 4. The molecule has 1 aliphatic rings. The van der Waals surface area contributed by atoms with Crippen LogP contribution in [0.4, 0.5) is 0 Å². The van der Waals surface area contributed by atoms with Crippen molar-refractivity contribution in [1.82, 2.24) is 20.9 Å². The number of fused-ring (bicyclic) bond motifs is 1. The van der Waals surface area contributed by atoms with Crippen LogP contribution in [0.2, 0.25) is 5.02 Å². The number of amides is 2. The van der Waals surface area contributed by atoms with Gasteiger partial charge in [-0.15, -0.1) is 0 Å². The van der Waals surface area contributed by atoms with Crippen molar-refractivity contribution in [2.24, 2.45) is 0 Å². The Morgan fingerprint density at radius 2 is 1.79 bits per heavy atom. The molecule has 0 aliphatic carbocycles. The van der Waals surface area contributed by atoms with Gasteiger partial charge >= 0.3 is 0 Å². The van der Waals surface area contributed by atoms with E-state index in [1.807, 2.05) is 47.4 Å². The zero-order chi connectivity index (χ0) is 27.1. The predicted molar refractivity (Wildman–Crippen MR) is 156 cm³/mol. The first-order chi connectivity index (χ1) is 18.3. The SMILES string of the molecule is CC[C@H](CN1CC[C@@H](CNC(=O)c2ccc3cc(Cl)ccc3c2)N[C@@H](CNC(C)C)C1=O)c1ccccc1. The molecule has 1 heterocycles. The normalized spacial score (nSPS) is 19.0. The molecule has 1 fully saturated rings. The van der Waals surface area contributed by atoms with Crippen molar-refractivity contribution in [2.75, 3.05) is 26.2 Å². The summed E-state index contributed by atoms with van der Waals surface area (Å²) in [6, 6.07) is 21.6. The van der Waals surface area contributed by atoms with Crippen LogP contribution in [0.5, 0.6) is 0 Å². The lowest BCUT2D eigenvalue weighted by molar-refractivity contribution is -0.132. The predicted octanol–water partition coefficient (Wildman–Crippen LogP) is 4.97. The van der Waals surface area contributed by atoms with E-state index in [0.29, 0.717) is 36.8 Å². The number of nitrogens with zero attached hydrogens (tertiary/aromatic N) is 1. The Kier molecular flexibility index (Phi) is 9.78. The largest absolute Gasteiger partial charge is 0.350 e. The molecule has 4 rings (SSSR count). The average Bonchev–Trinajstić information content (AvgIpc) is 3.07. The molecule has 0 spiro atoms. The van der Waals surface area contributed by atoms with Crippen LogP contribution in [-0.4, -0.2) is 61.0 Å². The Morgan fingerprint density at radius 3 is 2.53 bits per heavy atom. The maximum Gasteiger partial charge on any atom is 0.251 e. The summed E-state index contributed by atoms with van der Waals surface area (Å²) in [6.45, 7) is 8.69. The molecule has 0 saturated carbocycles. The molecule has 3 aromatic carbocycles. The molecule has 3 atom stereocenters. The molecule has 38 heavy (non-hydrogen) atoms. The number of carbonyl (C=O) groups excluding carboxylic acids is 2. The highest BCUT2D eigenvalue weighted by Crippen LogP contribution is 2.23. The standard InChI is InChI=1S/C31H39ClN4O2/c1-4-22(23-8-6-5-7-9-23)20-36-15-14-28(35-29(31(36)38)19-33-21(2)3)18-34-30(37)26-11-10-25-17-27(32)13-12-24(25)16-26/h5-13,16-17,21-22,28-29,33,35H,4,14-15,18-20H2,1-3H3,(H,34,37)/t22-,28+,29+/m1/s1. The number of rotatable bonds is 10. The molecule has 0 bridgehead atoms. The van der Waals surface area contributed by atoms with Gasteiger partial charge in [-0.2, -0.15) is 0 Å². The third kappa shape index (κ3) is 7.34. The van der Waals surface area contributed by atoms with E-state index in [9.17, 15) is 9.59 Å². The van der Waals surface area contributed by atoms with Gasteiger partial charge in [0.05, 0.1) is 6.04 Å². The minimum absolute atomic E-state index is 0.0112. The first-order valence-electron chi connectivity index (χ1n) is 13.6. The highest BCUT2D eigenvalue weighted by molar-refractivity contribution is 6.31. The molecule has 1 saturated heterocycles. The van der Waals surface area contributed by atoms with Crippen LogP contribution in [0.15, 0.2) is 66.7 Å². The molecule has 3 aromatic rings. The molecular formula is C31H39ClN4O2. The van der Waals surface area contributed by atoms with Crippen LogP contribution in [0.1, 0.15) is 55.5 Å². The summed E-state index contributed by atoms with van der Waals surface area (Å²) in [4.78, 5) is 28.6. The lowest BCUT2D eigenvalue weighted by Gasteiger charge is -2.29. The highest BCUT2D eigenvalue weighted by atomic mass is 35.5. The topological polar surface area (TPSA) is 73.5 Å². The maximum atomic E-state index is 13.6. The first-order valence-corrected chi connectivity index (χ1v) is 14.0. The van der Waals surface area contributed by atoms with E-state index in [4.69, 9.17) is 11.6 Å². The second-order valence-corrected chi connectivity index (χ2v) is 10.9. The van der Waals surface area contributed by atoms with Gasteiger partial charge in [0.2, 0.25) is 5.91 Å². The van der Waals surface area contributed by atoms with E-state index >= 15 is 0 Å². The summed E-state index contributed by atoms with van der Waals surface area (Å²) in [7, 11) is 0. The fourth-order valence-corrected chi connectivity index (χ4v) is 5.24. The van der Waals surface area contributed by atoms with Crippen molar-refractivity contribution < 1.29 is 9.59 Å². The van der Waals surface area contributed by atoms with Gasteiger partial charge in [-0.1, -0.05) is 74.8 Å². The average molecular weight is 535 g/mol. The Balaban J connectivity index is 1.43. The van der Waals surface area contributed by atoms with Crippen molar-refractivity contribution in [3.63, 3.8) is 0 Å². The monoisotopic (exact) mass is 534 g/mol. The second kappa shape index (κ2) is 13.2. The second-order valence-electron chi connectivity index (χ2n) is 10.5. The van der Waals surface area contributed by atoms with Gasteiger partial charge in [0.15, 0.2) is 0 Å². The lowest BCUT2D eigenvalue weighted by Crippen LogP contribution is -2.54. The maximum absolute atomic E-state index is 13.6. The Morgan fingerprint density at radius 1 is 1.05 bits per heavy atom. The van der Waals surface area contributed by atoms with Gasteiger partial charge in [0.1, 0.15) is 0 Å². The van der Waals surface area contributed by atoms with Crippen molar-refractivity contribution in [2.45, 2.75) is 57.7 Å². The molecule has 1 aliphatic heterocycles. The van der Waals surface area contributed by atoms with Crippen LogP contribution in [0, 0.1) is 0 Å². The zero-order valence-electron chi connectivity index (χ0n) is 22.5. The molecule has 7 heteroatoms. The van der Waals surface area contributed by atoms with Gasteiger partial charge in [0, 0.05) is 54.8 Å². The van der Waals surface area contributed by atoms with Crippen molar-refractivity contribution >= 4 is 34.2 Å². The first kappa shape index (κ1) is 28.1. The molecule has 0 unspecified atom stereocenters. The quantitative estimate of drug-likeness (QED) is 0.343. The van der Waals surface area contributed by atoms with E-state index < -0.39 is 0 Å². The van der Waals surface area contributed by atoms with Crippen LogP contribution in [0.25, 0.3) is 10.8 Å². The van der Waals surface area contributed by atoms with Crippen LogP contribution < -0.4 is 16.0 Å². The van der Waals surface area contributed by atoms with Gasteiger partial charge in [-0.25, -0.2) is 0 Å². The van der Waals surface area contributed by atoms with Gasteiger partial charge in [-0.05, 0) is 53.4 Å². The van der Waals surface area contributed by atoms with E-state index in [1.165, 1.54) is 5.56 Å². The number of carbonyl (C=O) groups is 2. The van der Waals surface area contributed by atoms with Gasteiger partial charge < -0.3 is 20.9 Å². The van der Waals surface area contributed by atoms with Crippen molar-refractivity contribution in [1.29, 1.82) is 0 Å². The lowest BCUT2D eigenvalue weighted by atomic mass is 9.95. The highest BCUT2D eigenvalue weighted by Gasteiger charge is 2.32. The third-order valence-corrected chi connectivity index (χ3v) is 7.54. The van der Waals surface area contributed by atoms with Crippen molar-refractivity contribution in [3.8, 4) is 0 Å². The Hall–Kier alpha value is -2.93. The number of nitrogens with one attached hydrogen (secondary N) is 3. The fraction of sp³-hybridized carbons (Fsp3) is 0.419. The molecular weight excluding hydrogens is 496 g/mol. The summed E-state index contributed by atoms with van der Waals surface area (Å²) in [5.41, 5.74) is 1.87. The van der Waals surface area contributed by atoms with E-state index in [0.717, 1.165) is 23.6 Å². The number of hydrogen-bond donors (Lipinski definition) is 3. The third-order valence-electron chi connectivity index (χ3n) is 7.30. The summed E-state index contributed by atoms with van der Waals surface area (Å²) in [5.74, 6) is 0.288. The summed E-state index contributed by atoms with van der Waals surface area (Å²) >= 11 is 6.09. The van der Waals surface area contributed by atoms with Crippen LogP contribution >= 0.6 is 11.6 Å². The van der Waals surface area contributed by atoms with Crippen LogP contribution in [0.3, 0.4) is 0 Å². The van der Waals surface area contributed by atoms with Gasteiger partial charge in [-0.3, -0.25) is 9.59 Å². The molecule has 2 amide bonds. The summed E-state index contributed by atoms with van der Waals surface area (Å²) < 4.78 is 0. The smallest absolute Gasteiger partial charge is 0.251 e. The molecule has 6 nitrogen and oxygen atoms in total. The van der Waals surface area contributed by atoms with E-state index in [2.05, 4.69) is 61.0 Å². The molecule has 202 valence electrons. The molecule has 0 radical (unpaired) electrons. The van der Waals surface area contributed by atoms with E-state index in [-0.39, 0.29) is 35.9 Å². The Labute approximate surface area is 231 Å². The molecule has 0 aromatic heterocycles. The number of halogens is 1. The fourth-order valence-electron chi connectivity index (χ4n) is 5.06. The van der Waals surface area contributed by atoms with Crippen LogP contribution in [-0.2, 0) is 4.79 Å². The molecule has 3 N–H and O–H groups in total. The summed E-state index contributed by atoms with van der Waals surface area (Å²) in [5, 5.41) is 12.7. The van der Waals surface area contributed by atoms with Crippen molar-refractivity contribution in [3.05, 3.63) is 82.9 Å². The minimum atomic E-state index is -0.347. The minimum Gasteiger partial charge on any atom is -0.350 e. The number of benzene rings is 3.